The summed E-state index contributed by atoms with van der Waals surface area (Å²) in [5.41, 5.74) is 24.4. The van der Waals surface area contributed by atoms with Gasteiger partial charge in [0.1, 0.15) is 0 Å². The van der Waals surface area contributed by atoms with Crippen LogP contribution in [0.4, 0.5) is 28.4 Å². The molecule has 2 nitrogen and oxygen atoms in total. The largest absolute Gasteiger partial charge is 0.338 e. The average Bonchev–Trinajstić information content (AvgIpc) is 1.58. The number of anilines is 5. The molecule has 0 fully saturated rings. The molecule has 3 unspecified atom stereocenters. The van der Waals surface area contributed by atoms with Gasteiger partial charge in [-0.2, -0.15) is 0 Å². The van der Waals surface area contributed by atoms with E-state index in [0.29, 0.717) is 0 Å². The predicted octanol–water partition coefficient (Wildman–Crippen LogP) is 22.4. The van der Waals surface area contributed by atoms with Gasteiger partial charge in [-0.15, -0.1) is 0 Å². The summed E-state index contributed by atoms with van der Waals surface area (Å²) in [5.74, 6) is 0. The zero-order chi connectivity index (χ0) is 58.8. The minimum absolute atomic E-state index is 0.243. The van der Waals surface area contributed by atoms with Gasteiger partial charge in [-0.25, -0.2) is 0 Å². The van der Waals surface area contributed by atoms with Gasteiger partial charge < -0.3 is 9.80 Å². The molecule has 0 heterocycles. The van der Waals surface area contributed by atoms with Crippen molar-refractivity contribution in [1.82, 2.24) is 0 Å². The predicted molar refractivity (Wildman–Crippen MR) is 372 cm³/mol. The van der Waals surface area contributed by atoms with E-state index in [1.807, 2.05) is 12.2 Å². The highest BCUT2D eigenvalue weighted by molar-refractivity contribution is 6.13. The SMILES string of the molecule is C=Cc1ccc(C2(c3ccccc3)c3ccccc3-c3ccc(N(c4ccccc4)c4ccc(-c5ccc(N(c6ccc7c(c6)C(c6ccccc6)(c6ccc(C=C)cc6)c6ccccc6-7)C6CC=CCC6)c6ccccc56)c5ccccc45)cc32)cc1. The van der Waals surface area contributed by atoms with E-state index in [2.05, 4.69) is 332 Å². The number of hydrogen-bond acceptors (Lipinski definition) is 2. The third kappa shape index (κ3) is 8.16. The van der Waals surface area contributed by atoms with Gasteiger partial charge in [0.05, 0.1) is 16.5 Å². The first-order valence-corrected chi connectivity index (χ1v) is 31.0. The molecule has 0 N–H and O–H groups in total. The van der Waals surface area contributed by atoms with Crippen molar-refractivity contribution in [3.63, 3.8) is 0 Å². The fourth-order valence-corrected chi connectivity index (χ4v) is 15.5. The number of fused-ring (bicyclic) bond motifs is 8. The van der Waals surface area contributed by atoms with E-state index in [1.165, 1.54) is 111 Å². The van der Waals surface area contributed by atoms with Crippen LogP contribution < -0.4 is 9.80 Å². The first kappa shape index (κ1) is 52.7. The normalized spacial score (nSPS) is 17.0. The lowest BCUT2D eigenvalue weighted by atomic mass is 9.67. The van der Waals surface area contributed by atoms with Crippen LogP contribution in [-0.2, 0) is 10.8 Å². The Kier molecular flexibility index (Phi) is 13.0. The van der Waals surface area contributed by atoms with Crippen molar-refractivity contribution in [3.05, 3.63) is 378 Å². The quantitative estimate of drug-likeness (QED) is 0.106. The van der Waals surface area contributed by atoms with Gasteiger partial charge in [0, 0.05) is 39.6 Å². The lowest BCUT2D eigenvalue weighted by molar-refractivity contribution is 0.591. The topological polar surface area (TPSA) is 6.48 Å². The van der Waals surface area contributed by atoms with Crippen LogP contribution in [0.3, 0.4) is 0 Å². The molecule has 0 saturated carbocycles. The average molecular weight is 1130 g/mol. The van der Waals surface area contributed by atoms with E-state index < -0.39 is 10.8 Å². The van der Waals surface area contributed by atoms with Gasteiger partial charge >= 0.3 is 0 Å². The Morgan fingerprint density at radius 2 is 0.727 bits per heavy atom. The first-order chi connectivity index (χ1) is 43.6. The number of nitrogens with zero attached hydrogens (tertiary/aromatic N) is 2. The van der Waals surface area contributed by atoms with Crippen molar-refractivity contribution in [3.8, 4) is 33.4 Å². The van der Waals surface area contributed by atoms with Crippen LogP contribution >= 0.6 is 0 Å². The first-order valence-electron chi connectivity index (χ1n) is 31.0. The number of rotatable bonds is 13. The maximum atomic E-state index is 4.12. The zero-order valence-corrected chi connectivity index (χ0v) is 49.1. The van der Waals surface area contributed by atoms with Gasteiger partial charge in [-0.3, -0.25) is 0 Å². The number of benzene rings is 13. The number of hydrogen-bond donors (Lipinski definition) is 0. The van der Waals surface area contributed by atoms with E-state index in [0.717, 1.165) is 47.5 Å². The molecule has 0 aromatic heterocycles. The van der Waals surface area contributed by atoms with Crippen molar-refractivity contribution in [2.75, 3.05) is 9.80 Å². The van der Waals surface area contributed by atoms with Crippen LogP contribution in [-0.4, -0.2) is 6.04 Å². The van der Waals surface area contributed by atoms with Gasteiger partial charge in [0.15, 0.2) is 0 Å². The molecule has 3 aliphatic rings. The fraction of sp³-hybridized carbons (Fsp3) is 0.0698. The van der Waals surface area contributed by atoms with Crippen LogP contribution in [0.25, 0.3) is 67.1 Å². The lowest BCUT2D eigenvalue weighted by Gasteiger charge is -2.38. The van der Waals surface area contributed by atoms with Crippen LogP contribution in [0.15, 0.2) is 323 Å². The summed E-state index contributed by atoms with van der Waals surface area (Å²) in [6.07, 6.45) is 11.7. The Bertz CT molecular complexity index is 4870. The van der Waals surface area contributed by atoms with Crippen molar-refractivity contribution >= 4 is 62.1 Å². The Morgan fingerprint density at radius 3 is 1.24 bits per heavy atom. The molecule has 418 valence electrons. The maximum absolute atomic E-state index is 4.12. The summed E-state index contributed by atoms with van der Waals surface area (Å²) in [6, 6.07) is 112. The minimum Gasteiger partial charge on any atom is -0.338 e. The highest BCUT2D eigenvalue weighted by atomic mass is 15.2. The van der Waals surface area contributed by atoms with Gasteiger partial charge in [-0.1, -0.05) is 286 Å². The molecule has 3 atom stereocenters. The molecule has 3 aliphatic carbocycles. The van der Waals surface area contributed by atoms with Gasteiger partial charge in [0.25, 0.3) is 0 Å². The summed E-state index contributed by atoms with van der Waals surface area (Å²) in [6.45, 7) is 8.23. The Labute approximate surface area is 516 Å². The molecular formula is C86H64N2. The molecule has 0 aliphatic heterocycles. The van der Waals surface area contributed by atoms with E-state index in [-0.39, 0.29) is 6.04 Å². The number of para-hydroxylation sites is 1. The molecule has 13 aromatic rings. The van der Waals surface area contributed by atoms with Crippen LogP contribution in [0.1, 0.15) is 74.9 Å². The second-order valence-electron chi connectivity index (χ2n) is 23.8. The molecule has 88 heavy (non-hydrogen) atoms. The second-order valence-corrected chi connectivity index (χ2v) is 23.8. The summed E-state index contributed by atoms with van der Waals surface area (Å²) in [5, 5.41) is 4.82. The van der Waals surface area contributed by atoms with E-state index in [4.69, 9.17) is 0 Å². The zero-order valence-electron chi connectivity index (χ0n) is 49.1. The molecule has 0 amide bonds. The standard InChI is InChI=1S/C86H64N2/c1-3-59-41-45-63(46-42-59)85(61-25-9-5-10-26-61)79-39-23-21-35-73(79)75-51-49-67(57-81(75)85)87(65-29-13-7-14-30-65)83-55-53-71(69-33-17-19-37-77(69)83)72-54-56-84(78-38-20-18-34-70(72)78)88(66-31-15-8-16-32-66)68-50-52-76-74-36-22-24-40-80(74)86(82(76)58-68,62-27-11-6-12-28-62)64-47-43-60(4-2)44-48-64/h3-15,17-30,33-58,66H,1-2,16,31-32H2. The molecule has 16 rings (SSSR count). The van der Waals surface area contributed by atoms with Gasteiger partial charge in [-0.05, 0) is 168 Å². The smallest absolute Gasteiger partial charge is 0.0714 e. The molecule has 2 heteroatoms. The Morgan fingerprint density at radius 1 is 0.318 bits per heavy atom. The highest BCUT2D eigenvalue weighted by Crippen LogP contribution is 2.60. The molecule has 0 bridgehead atoms. The molecule has 0 spiro atoms. The lowest BCUT2D eigenvalue weighted by Crippen LogP contribution is -2.33. The molecule has 13 aromatic carbocycles. The molecule has 0 radical (unpaired) electrons. The van der Waals surface area contributed by atoms with Crippen LogP contribution in [0.2, 0.25) is 0 Å². The van der Waals surface area contributed by atoms with Gasteiger partial charge in [0.2, 0.25) is 0 Å². The third-order valence-corrected chi connectivity index (χ3v) is 19.4. The molecule has 0 saturated heterocycles. The summed E-state index contributed by atoms with van der Waals surface area (Å²) in [4.78, 5) is 5.16. The Hall–Kier alpha value is -10.8. The summed E-state index contributed by atoms with van der Waals surface area (Å²) < 4.78 is 0. The van der Waals surface area contributed by atoms with Crippen molar-refractivity contribution in [2.24, 2.45) is 0 Å². The van der Waals surface area contributed by atoms with Crippen molar-refractivity contribution in [2.45, 2.75) is 36.1 Å². The van der Waals surface area contributed by atoms with Crippen LogP contribution in [0, 0.1) is 0 Å². The minimum atomic E-state index is -0.578. The summed E-state index contributed by atoms with van der Waals surface area (Å²) >= 11 is 0. The van der Waals surface area contributed by atoms with E-state index >= 15 is 0 Å². The summed E-state index contributed by atoms with van der Waals surface area (Å²) in [7, 11) is 0. The van der Waals surface area contributed by atoms with Crippen molar-refractivity contribution < 1.29 is 0 Å². The Balaban J connectivity index is 0.859. The third-order valence-electron chi connectivity index (χ3n) is 19.4. The number of allylic oxidation sites excluding steroid dienone is 1. The maximum Gasteiger partial charge on any atom is 0.0714 e. The van der Waals surface area contributed by atoms with Crippen LogP contribution in [0.5, 0.6) is 0 Å². The fourth-order valence-electron chi connectivity index (χ4n) is 15.5. The van der Waals surface area contributed by atoms with E-state index in [1.54, 1.807) is 0 Å². The van der Waals surface area contributed by atoms with E-state index in [9.17, 15) is 0 Å². The second kappa shape index (κ2) is 21.6. The van der Waals surface area contributed by atoms with Crippen molar-refractivity contribution in [1.29, 1.82) is 0 Å². The highest BCUT2D eigenvalue weighted by Gasteiger charge is 2.48. The monoisotopic (exact) mass is 1120 g/mol. The molecular weight excluding hydrogens is 1060 g/mol.